The summed E-state index contributed by atoms with van der Waals surface area (Å²) in [6, 6.07) is 19.1. The quantitative estimate of drug-likeness (QED) is 0.657. The van der Waals surface area contributed by atoms with Crippen molar-refractivity contribution in [3.8, 4) is 0 Å². The third-order valence-electron chi connectivity index (χ3n) is 3.25. The SMILES string of the molecule is C[n+]1cc(NC(=O)Nc2ccccc2)cc2ccccc21.[Cl-]. The number of carbonyl (C=O) groups is 1. The van der Waals surface area contributed by atoms with E-state index in [2.05, 4.69) is 10.6 Å². The Morgan fingerprint density at radius 3 is 2.32 bits per heavy atom. The van der Waals surface area contributed by atoms with Crippen molar-refractivity contribution in [1.29, 1.82) is 0 Å². The summed E-state index contributed by atoms with van der Waals surface area (Å²) in [6.07, 6.45) is 1.90. The molecule has 0 aliphatic heterocycles. The Labute approximate surface area is 135 Å². The van der Waals surface area contributed by atoms with Crippen LogP contribution in [0.15, 0.2) is 66.9 Å². The maximum atomic E-state index is 12.0. The zero-order valence-electron chi connectivity index (χ0n) is 12.1. The maximum absolute atomic E-state index is 12.0. The van der Waals surface area contributed by atoms with Crippen molar-refractivity contribution in [2.24, 2.45) is 7.05 Å². The van der Waals surface area contributed by atoms with E-state index in [0.29, 0.717) is 0 Å². The predicted octanol–water partition coefficient (Wildman–Crippen LogP) is 0.312. The number of fused-ring (bicyclic) bond motifs is 1. The van der Waals surface area contributed by atoms with E-state index >= 15 is 0 Å². The minimum atomic E-state index is -0.253. The molecular formula is C17H16ClN3O. The van der Waals surface area contributed by atoms with Crippen molar-refractivity contribution >= 4 is 28.3 Å². The Morgan fingerprint density at radius 2 is 1.55 bits per heavy atom. The van der Waals surface area contributed by atoms with Gasteiger partial charge in [0.2, 0.25) is 5.52 Å². The van der Waals surface area contributed by atoms with Crippen molar-refractivity contribution in [2.45, 2.75) is 0 Å². The summed E-state index contributed by atoms with van der Waals surface area (Å²) in [6.45, 7) is 0. The number of pyridine rings is 1. The highest BCUT2D eigenvalue weighted by molar-refractivity contribution is 6.00. The van der Waals surface area contributed by atoms with Gasteiger partial charge >= 0.3 is 6.03 Å². The predicted molar refractivity (Wildman–Crippen MR) is 84.2 cm³/mol. The lowest BCUT2D eigenvalue weighted by molar-refractivity contribution is -0.644. The van der Waals surface area contributed by atoms with Crippen molar-refractivity contribution < 1.29 is 21.8 Å². The van der Waals surface area contributed by atoms with E-state index in [1.165, 1.54) is 0 Å². The molecular weight excluding hydrogens is 298 g/mol. The van der Waals surface area contributed by atoms with E-state index in [4.69, 9.17) is 0 Å². The monoisotopic (exact) mass is 313 g/mol. The van der Waals surface area contributed by atoms with Gasteiger partial charge in [0.15, 0.2) is 6.20 Å². The molecule has 0 bridgehead atoms. The van der Waals surface area contributed by atoms with Crippen LogP contribution < -0.4 is 27.6 Å². The molecule has 1 aromatic heterocycles. The largest absolute Gasteiger partial charge is 1.00 e. The summed E-state index contributed by atoms with van der Waals surface area (Å²) >= 11 is 0. The molecule has 0 aliphatic rings. The summed E-state index contributed by atoms with van der Waals surface area (Å²) in [5.74, 6) is 0. The van der Waals surface area contributed by atoms with Gasteiger partial charge in [-0.1, -0.05) is 30.3 Å². The lowest BCUT2D eigenvalue weighted by Gasteiger charge is -2.07. The Morgan fingerprint density at radius 1 is 0.909 bits per heavy atom. The summed E-state index contributed by atoms with van der Waals surface area (Å²) in [5.41, 5.74) is 2.64. The fourth-order valence-electron chi connectivity index (χ4n) is 2.30. The van der Waals surface area contributed by atoms with Crippen molar-refractivity contribution in [2.75, 3.05) is 10.6 Å². The molecule has 2 amide bonds. The number of aryl methyl sites for hydroxylation is 1. The van der Waals surface area contributed by atoms with Crippen LogP contribution in [0.2, 0.25) is 0 Å². The lowest BCUT2D eigenvalue weighted by atomic mass is 10.2. The van der Waals surface area contributed by atoms with Crippen LogP contribution in [0.4, 0.5) is 16.2 Å². The Balaban J connectivity index is 0.00000176. The van der Waals surface area contributed by atoms with Crippen LogP contribution in [-0.4, -0.2) is 6.03 Å². The van der Waals surface area contributed by atoms with E-state index < -0.39 is 0 Å². The van der Waals surface area contributed by atoms with Crippen LogP contribution in [0, 0.1) is 0 Å². The van der Waals surface area contributed by atoms with Gasteiger partial charge in [0.05, 0.1) is 0 Å². The molecule has 2 aromatic carbocycles. The van der Waals surface area contributed by atoms with Gasteiger partial charge in [0, 0.05) is 17.1 Å². The van der Waals surface area contributed by atoms with Gasteiger partial charge in [-0.05, 0) is 24.3 Å². The van der Waals surface area contributed by atoms with Crippen LogP contribution in [0.25, 0.3) is 10.9 Å². The van der Waals surface area contributed by atoms with E-state index in [-0.39, 0.29) is 18.4 Å². The normalized spacial score (nSPS) is 9.86. The molecule has 0 unspecified atom stereocenters. The zero-order chi connectivity index (χ0) is 14.7. The van der Waals surface area contributed by atoms with Crippen LogP contribution in [0.3, 0.4) is 0 Å². The van der Waals surface area contributed by atoms with Crippen molar-refractivity contribution in [3.63, 3.8) is 0 Å². The molecule has 22 heavy (non-hydrogen) atoms. The van der Waals surface area contributed by atoms with E-state index in [1.807, 2.05) is 78.5 Å². The second-order valence-corrected chi connectivity index (χ2v) is 4.84. The number of carbonyl (C=O) groups excluding carboxylic acids is 1. The molecule has 0 atom stereocenters. The number of hydrogen-bond donors (Lipinski definition) is 2. The average Bonchev–Trinajstić information content (AvgIpc) is 2.48. The fraction of sp³-hybridized carbons (Fsp3) is 0.0588. The molecule has 0 saturated carbocycles. The first kappa shape index (κ1) is 15.8. The van der Waals surface area contributed by atoms with Gasteiger partial charge in [-0.25, -0.2) is 4.79 Å². The molecule has 0 saturated heterocycles. The highest BCUT2D eigenvalue weighted by Crippen LogP contribution is 2.15. The van der Waals surface area contributed by atoms with E-state index in [0.717, 1.165) is 22.3 Å². The molecule has 5 heteroatoms. The number of halogens is 1. The number of nitrogens with one attached hydrogen (secondary N) is 2. The number of rotatable bonds is 2. The van der Waals surface area contributed by atoms with Crippen LogP contribution in [0.1, 0.15) is 0 Å². The molecule has 0 radical (unpaired) electrons. The molecule has 0 spiro atoms. The Kier molecular flexibility index (Phi) is 4.96. The maximum Gasteiger partial charge on any atom is 0.323 e. The van der Waals surface area contributed by atoms with E-state index in [1.54, 1.807) is 0 Å². The summed E-state index contributed by atoms with van der Waals surface area (Å²) in [4.78, 5) is 12.0. The standard InChI is InChI=1S/C17H15N3O.ClH/c1-20-12-15(11-13-7-5-6-10-16(13)20)19-17(21)18-14-8-3-2-4-9-14;/h2-12H,1H3,(H-,18,19,21);1H. The van der Waals surface area contributed by atoms with Gasteiger partial charge in [0.25, 0.3) is 0 Å². The van der Waals surface area contributed by atoms with Gasteiger partial charge in [0.1, 0.15) is 12.7 Å². The molecule has 3 aromatic rings. The van der Waals surface area contributed by atoms with Crippen LogP contribution in [0.5, 0.6) is 0 Å². The van der Waals surface area contributed by atoms with Gasteiger partial charge in [-0.2, -0.15) is 4.57 Å². The zero-order valence-corrected chi connectivity index (χ0v) is 12.8. The molecule has 4 nitrogen and oxygen atoms in total. The average molecular weight is 314 g/mol. The number of hydrogen-bond acceptors (Lipinski definition) is 1. The highest BCUT2D eigenvalue weighted by Gasteiger charge is 2.09. The lowest BCUT2D eigenvalue weighted by Crippen LogP contribution is -3.00. The third-order valence-corrected chi connectivity index (χ3v) is 3.25. The third kappa shape index (κ3) is 3.54. The number of para-hydroxylation sites is 2. The second-order valence-electron chi connectivity index (χ2n) is 4.84. The Bertz CT molecular complexity index is 790. The number of amides is 2. The molecule has 2 N–H and O–H groups in total. The number of benzene rings is 2. The van der Waals surface area contributed by atoms with Crippen LogP contribution >= 0.6 is 0 Å². The summed E-state index contributed by atoms with van der Waals surface area (Å²) in [7, 11) is 1.96. The molecule has 1 heterocycles. The molecule has 3 rings (SSSR count). The molecule has 0 fully saturated rings. The second kappa shape index (κ2) is 6.91. The number of urea groups is 1. The number of anilines is 2. The van der Waals surface area contributed by atoms with Crippen molar-refractivity contribution in [3.05, 3.63) is 66.9 Å². The fourth-order valence-corrected chi connectivity index (χ4v) is 2.30. The van der Waals surface area contributed by atoms with Crippen molar-refractivity contribution in [1.82, 2.24) is 0 Å². The molecule has 112 valence electrons. The summed E-state index contributed by atoms with van der Waals surface area (Å²) < 4.78 is 1.99. The summed E-state index contributed by atoms with van der Waals surface area (Å²) in [5, 5.41) is 6.73. The highest BCUT2D eigenvalue weighted by atomic mass is 35.5. The number of nitrogens with zero attached hydrogens (tertiary/aromatic N) is 1. The first-order valence-electron chi connectivity index (χ1n) is 6.74. The minimum Gasteiger partial charge on any atom is -1.00 e. The molecule has 0 aliphatic carbocycles. The smallest absolute Gasteiger partial charge is 0.323 e. The Hall–Kier alpha value is -2.59. The van der Waals surface area contributed by atoms with Gasteiger partial charge in [-0.15, -0.1) is 0 Å². The minimum absolute atomic E-state index is 0. The van der Waals surface area contributed by atoms with Crippen LogP contribution in [-0.2, 0) is 7.05 Å². The first-order chi connectivity index (χ1) is 10.2. The topological polar surface area (TPSA) is 45.0 Å². The number of aromatic nitrogens is 1. The first-order valence-corrected chi connectivity index (χ1v) is 6.74. The van der Waals surface area contributed by atoms with Gasteiger partial charge in [-0.3, -0.25) is 0 Å². The van der Waals surface area contributed by atoms with E-state index in [9.17, 15) is 4.79 Å². The van der Waals surface area contributed by atoms with Gasteiger partial charge < -0.3 is 23.0 Å².